The third kappa shape index (κ3) is 4.62. The highest BCUT2D eigenvalue weighted by molar-refractivity contribution is 6.30. The molecule has 2 aromatic rings. The van der Waals surface area contributed by atoms with Crippen molar-refractivity contribution in [3.05, 3.63) is 95.6 Å². The van der Waals surface area contributed by atoms with E-state index in [1.807, 2.05) is 43.3 Å². The smallest absolute Gasteiger partial charge is 0.0508 e. The van der Waals surface area contributed by atoms with Crippen LogP contribution in [0.3, 0.4) is 0 Å². The summed E-state index contributed by atoms with van der Waals surface area (Å²) >= 11 is 5.95. The molecule has 0 aromatic heterocycles. The van der Waals surface area contributed by atoms with Crippen molar-refractivity contribution < 1.29 is 0 Å². The second kappa shape index (κ2) is 8.03. The Labute approximate surface area is 150 Å². The average molecular weight is 338 g/mol. The molecule has 2 rings (SSSR count). The van der Waals surface area contributed by atoms with Gasteiger partial charge in [-0.15, -0.1) is 0 Å². The van der Waals surface area contributed by atoms with Gasteiger partial charge < -0.3 is 5.32 Å². The standard InChI is InChI=1S/C22H24ClN/c1-15(2)22(14-17(4)21-9-7-6-8-16(21)3)24-18(5)19-10-12-20(23)13-11-19/h6-13,22,24H,1,4-5,14H2,2-3H3. The first-order chi connectivity index (χ1) is 11.4. The number of halogens is 1. The van der Waals surface area contributed by atoms with Gasteiger partial charge in [0.05, 0.1) is 6.04 Å². The summed E-state index contributed by atoms with van der Waals surface area (Å²) in [5.74, 6) is 0. The van der Waals surface area contributed by atoms with E-state index < -0.39 is 0 Å². The third-order valence-corrected chi connectivity index (χ3v) is 4.36. The molecule has 1 unspecified atom stereocenters. The van der Waals surface area contributed by atoms with E-state index in [-0.39, 0.29) is 6.04 Å². The molecule has 0 aliphatic heterocycles. The molecule has 2 heteroatoms. The minimum absolute atomic E-state index is 0.0836. The van der Waals surface area contributed by atoms with E-state index in [0.29, 0.717) is 0 Å². The highest BCUT2D eigenvalue weighted by atomic mass is 35.5. The lowest BCUT2D eigenvalue weighted by Gasteiger charge is -2.23. The van der Waals surface area contributed by atoms with Crippen molar-refractivity contribution in [2.24, 2.45) is 0 Å². The Balaban J connectivity index is 2.11. The van der Waals surface area contributed by atoms with Crippen molar-refractivity contribution in [1.29, 1.82) is 0 Å². The highest BCUT2D eigenvalue weighted by Crippen LogP contribution is 2.25. The van der Waals surface area contributed by atoms with Gasteiger partial charge in [-0.1, -0.05) is 73.3 Å². The summed E-state index contributed by atoms with van der Waals surface area (Å²) in [6.07, 6.45) is 0.785. The van der Waals surface area contributed by atoms with Crippen molar-refractivity contribution in [3.63, 3.8) is 0 Å². The Bertz CT molecular complexity index is 756. The zero-order valence-electron chi connectivity index (χ0n) is 14.4. The van der Waals surface area contributed by atoms with Gasteiger partial charge in [0, 0.05) is 10.7 Å². The van der Waals surface area contributed by atoms with Crippen LogP contribution in [0, 0.1) is 6.92 Å². The predicted molar refractivity (Wildman–Crippen MR) is 107 cm³/mol. The molecule has 0 bridgehead atoms. The molecule has 0 heterocycles. The molecular weight excluding hydrogens is 314 g/mol. The lowest BCUT2D eigenvalue weighted by atomic mass is 9.93. The van der Waals surface area contributed by atoms with Gasteiger partial charge in [0.2, 0.25) is 0 Å². The normalized spacial score (nSPS) is 11.6. The number of rotatable bonds is 7. The first kappa shape index (κ1) is 18.1. The molecule has 124 valence electrons. The van der Waals surface area contributed by atoms with Gasteiger partial charge in [0.25, 0.3) is 0 Å². The van der Waals surface area contributed by atoms with Gasteiger partial charge in [0.15, 0.2) is 0 Å². The van der Waals surface area contributed by atoms with E-state index in [9.17, 15) is 0 Å². The van der Waals surface area contributed by atoms with E-state index >= 15 is 0 Å². The fourth-order valence-electron chi connectivity index (χ4n) is 2.62. The van der Waals surface area contributed by atoms with Crippen molar-refractivity contribution in [3.8, 4) is 0 Å². The topological polar surface area (TPSA) is 12.0 Å². The van der Waals surface area contributed by atoms with Gasteiger partial charge in [0.1, 0.15) is 0 Å². The molecule has 0 saturated carbocycles. The van der Waals surface area contributed by atoms with Crippen molar-refractivity contribution in [2.75, 3.05) is 0 Å². The summed E-state index contributed by atoms with van der Waals surface area (Å²) in [5.41, 5.74) is 6.46. The Morgan fingerprint density at radius 3 is 2.25 bits per heavy atom. The predicted octanol–water partition coefficient (Wildman–Crippen LogP) is 6.26. The largest absolute Gasteiger partial charge is 0.378 e. The minimum Gasteiger partial charge on any atom is -0.378 e. The van der Waals surface area contributed by atoms with Crippen LogP contribution in [0.15, 0.2) is 73.8 Å². The molecule has 0 aliphatic carbocycles. The SMILES string of the molecule is C=C(NC(CC(=C)c1ccccc1C)C(=C)C)c1ccc(Cl)cc1. The third-order valence-electron chi connectivity index (χ3n) is 4.11. The van der Waals surface area contributed by atoms with Crippen molar-refractivity contribution in [2.45, 2.75) is 26.3 Å². The molecule has 0 amide bonds. The maximum Gasteiger partial charge on any atom is 0.0508 e. The van der Waals surface area contributed by atoms with Crippen LogP contribution in [-0.2, 0) is 0 Å². The Kier molecular flexibility index (Phi) is 6.05. The Morgan fingerprint density at radius 1 is 1.04 bits per heavy atom. The Hall–Kier alpha value is -2.25. The summed E-state index contributed by atoms with van der Waals surface area (Å²) < 4.78 is 0. The van der Waals surface area contributed by atoms with Crippen LogP contribution in [0.5, 0.6) is 0 Å². The molecule has 1 nitrogen and oxygen atoms in total. The number of hydrogen-bond acceptors (Lipinski definition) is 1. The molecule has 0 spiro atoms. The van der Waals surface area contributed by atoms with Crippen LogP contribution in [-0.4, -0.2) is 6.04 Å². The summed E-state index contributed by atoms with van der Waals surface area (Å²) in [6.45, 7) is 16.7. The molecule has 1 atom stereocenters. The molecule has 0 aliphatic rings. The lowest BCUT2D eigenvalue weighted by molar-refractivity contribution is 0.697. The molecule has 1 N–H and O–H groups in total. The Morgan fingerprint density at radius 2 is 1.67 bits per heavy atom. The molecule has 24 heavy (non-hydrogen) atoms. The van der Waals surface area contributed by atoms with Gasteiger partial charge in [-0.3, -0.25) is 0 Å². The van der Waals surface area contributed by atoms with E-state index in [1.54, 1.807) is 0 Å². The summed E-state index contributed by atoms with van der Waals surface area (Å²) in [5, 5.41) is 4.19. The maximum atomic E-state index is 5.95. The van der Waals surface area contributed by atoms with Crippen LogP contribution in [0.4, 0.5) is 0 Å². The summed E-state index contributed by atoms with van der Waals surface area (Å²) in [6, 6.07) is 16.0. The number of aryl methyl sites for hydroxylation is 1. The molecular formula is C22H24ClN. The fourth-order valence-corrected chi connectivity index (χ4v) is 2.75. The van der Waals surface area contributed by atoms with Crippen molar-refractivity contribution in [1.82, 2.24) is 5.32 Å². The maximum absolute atomic E-state index is 5.95. The number of hydrogen-bond donors (Lipinski definition) is 1. The van der Waals surface area contributed by atoms with Crippen LogP contribution in [0.2, 0.25) is 5.02 Å². The highest BCUT2D eigenvalue weighted by Gasteiger charge is 2.14. The number of benzene rings is 2. The minimum atomic E-state index is 0.0836. The quantitative estimate of drug-likeness (QED) is 0.588. The zero-order valence-corrected chi connectivity index (χ0v) is 15.2. The molecule has 0 radical (unpaired) electrons. The van der Waals surface area contributed by atoms with E-state index in [2.05, 4.69) is 44.1 Å². The van der Waals surface area contributed by atoms with Crippen LogP contribution >= 0.6 is 11.6 Å². The van der Waals surface area contributed by atoms with Gasteiger partial charge in [-0.05, 0) is 54.7 Å². The van der Waals surface area contributed by atoms with E-state index in [0.717, 1.165) is 33.9 Å². The molecule has 2 aromatic carbocycles. The van der Waals surface area contributed by atoms with Crippen LogP contribution in [0.1, 0.15) is 30.0 Å². The summed E-state index contributed by atoms with van der Waals surface area (Å²) in [7, 11) is 0. The second-order valence-electron chi connectivity index (χ2n) is 6.15. The van der Waals surface area contributed by atoms with E-state index in [4.69, 9.17) is 11.6 Å². The van der Waals surface area contributed by atoms with Gasteiger partial charge >= 0.3 is 0 Å². The first-order valence-electron chi connectivity index (χ1n) is 7.99. The second-order valence-corrected chi connectivity index (χ2v) is 6.59. The van der Waals surface area contributed by atoms with Gasteiger partial charge in [-0.25, -0.2) is 0 Å². The monoisotopic (exact) mass is 337 g/mol. The van der Waals surface area contributed by atoms with Crippen molar-refractivity contribution >= 4 is 22.9 Å². The summed E-state index contributed by atoms with van der Waals surface area (Å²) in [4.78, 5) is 0. The van der Waals surface area contributed by atoms with Gasteiger partial charge in [-0.2, -0.15) is 0 Å². The first-order valence-corrected chi connectivity index (χ1v) is 8.37. The zero-order chi connectivity index (χ0) is 17.7. The molecule has 0 fully saturated rings. The number of nitrogens with one attached hydrogen (secondary N) is 1. The fraction of sp³-hybridized carbons (Fsp3) is 0.182. The van der Waals surface area contributed by atoms with Crippen LogP contribution in [0.25, 0.3) is 11.3 Å². The van der Waals surface area contributed by atoms with E-state index in [1.165, 1.54) is 11.1 Å². The lowest BCUT2D eigenvalue weighted by Crippen LogP contribution is -2.28. The molecule has 0 saturated heterocycles. The van der Waals surface area contributed by atoms with Crippen LogP contribution < -0.4 is 5.32 Å². The average Bonchev–Trinajstić information content (AvgIpc) is 2.54.